The van der Waals surface area contributed by atoms with Crippen LogP contribution in [-0.2, 0) is 16.6 Å². The van der Waals surface area contributed by atoms with E-state index in [0.717, 1.165) is 23.3 Å². The fourth-order valence-corrected chi connectivity index (χ4v) is 5.17. The lowest BCUT2D eigenvalue weighted by atomic mass is 9.95. The Morgan fingerprint density at radius 2 is 1.72 bits per heavy atom. The molecule has 2 aromatic rings. The van der Waals surface area contributed by atoms with Crippen LogP contribution >= 0.6 is 0 Å². The third-order valence-corrected chi connectivity index (χ3v) is 7.26. The third-order valence-electron chi connectivity index (χ3n) is 5.33. The number of rotatable bonds is 5. The largest absolute Gasteiger partial charge is 0.508 e. The molecule has 0 radical (unpaired) electrons. The average Bonchev–Trinajstić information content (AvgIpc) is 2.63. The summed E-state index contributed by atoms with van der Waals surface area (Å²) < 4.78 is 53.7. The van der Waals surface area contributed by atoms with Gasteiger partial charge in [-0.25, -0.2) is 17.2 Å². The number of phenols is 1. The maximum atomic E-state index is 14.0. The highest BCUT2D eigenvalue weighted by atomic mass is 32.2. The van der Waals surface area contributed by atoms with Gasteiger partial charge >= 0.3 is 0 Å². The molecule has 0 unspecified atom stereocenters. The van der Waals surface area contributed by atoms with Gasteiger partial charge in [-0.2, -0.15) is 4.31 Å². The van der Waals surface area contributed by atoms with E-state index in [9.17, 15) is 22.3 Å². The summed E-state index contributed by atoms with van der Waals surface area (Å²) in [5, 5.41) is 10.3. The fraction of sp³-hybridized carbons (Fsp3) is 0.429. The first-order chi connectivity index (χ1) is 13.6. The molecule has 0 saturated carbocycles. The van der Waals surface area contributed by atoms with E-state index < -0.39 is 26.6 Å². The van der Waals surface area contributed by atoms with Crippen LogP contribution in [0.2, 0.25) is 0 Å². The van der Waals surface area contributed by atoms with Gasteiger partial charge in [-0.15, -0.1) is 0 Å². The number of piperazine rings is 1. The molecule has 29 heavy (non-hydrogen) atoms. The highest BCUT2D eigenvalue weighted by Crippen LogP contribution is 2.29. The van der Waals surface area contributed by atoms with E-state index in [4.69, 9.17) is 0 Å². The van der Waals surface area contributed by atoms with Crippen molar-refractivity contribution in [2.45, 2.75) is 38.1 Å². The number of nitrogens with zero attached hydrogens (tertiary/aromatic N) is 2. The van der Waals surface area contributed by atoms with Gasteiger partial charge in [-0.1, -0.05) is 19.9 Å². The minimum Gasteiger partial charge on any atom is -0.508 e. The summed E-state index contributed by atoms with van der Waals surface area (Å²) in [6, 6.07) is 6.26. The normalized spacial score (nSPS) is 16.5. The molecule has 0 amide bonds. The minimum absolute atomic E-state index is 0.197. The molecule has 1 heterocycles. The van der Waals surface area contributed by atoms with Gasteiger partial charge in [-0.05, 0) is 42.2 Å². The number of benzene rings is 2. The molecule has 5 nitrogen and oxygen atoms in total. The molecule has 1 aliphatic heterocycles. The van der Waals surface area contributed by atoms with Gasteiger partial charge in [0.05, 0.1) is 0 Å². The molecule has 1 saturated heterocycles. The third kappa shape index (κ3) is 4.60. The second kappa shape index (κ2) is 8.38. The Hall–Kier alpha value is -2.03. The van der Waals surface area contributed by atoms with Crippen molar-refractivity contribution in [2.24, 2.45) is 0 Å². The van der Waals surface area contributed by atoms with E-state index in [2.05, 4.69) is 18.7 Å². The number of halogens is 2. The lowest BCUT2D eigenvalue weighted by molar-refractivity contribution is 0.180. The molecule has 0 bridgehead atoms. The van der Waals surface area contributed by atoms with Gasteiger partial charge in [0.2, 0.25) is 10.0 Å². The van der Waals surface area contributed by atoms with Crippen LogP contribution in [0.1, 0.15) is 36.5 Å². The molecule has 0 aliphatic carbocycles. The Morgan fingerprint density at radius 1 is 1.07 bits per heavy atom. The summed E-state index contributed by atoms with van der Waals surface area (Å²) in [5.74, 6) is -1.33. The van der Waals surface area contributed by atoms with Crippen LogP contribution in [0.25, 0.3) is 0 Å². The summed E-state index contributed by atoms with van der Waals surface area (Å²) in [6.07, 6.45) is 0. The van der Waals surface area contributed by atoms with E-state index in [0.29, 0.717) is 31.6 Å². The van der Waals surface area contributed by atoms with Crippen LogP contribution in [0.5, 0.6) is 5.75 Å². The molecular formula is C21H26F2N2O3S. The predicted molar refractivity (Wildman–Crippen MR) is 107 cm³/mol. The Balaban J connectivity index is 1.70. The zero-order chi connectivity index (χ0) is 21.3. The number of hydrogen-bond donors (Lipinski definition) is 1. The molecule has 1 aliphatic rings. The van der Waals surface area contributed by atoms with Crippen molar-refractivity contribution in [3.63, 3.8) is 0 Å². The molecular weight excluding hydrogens is 398 g/mol. The summed E-state index contributed by atoms with van der Waals surface area (Å²) >= 11 is 0. The zero-order valence-corrected chi connectivity index (χ0v) is 17.6. The van der Waals surface area contributed by atoms with Gasteiger partial charge in [-0.3, -0.25) is 4.90 Å². The highest BCUT2D eigenvalue weighted by molar-refractivity contribution is 7.89. The summed E-state index contributed by atoms with van der Waals surface area (Å²) in [4.78, 5) is 1.55. The van der Waals surface area contributed by atoms with Crippen molar-refractivity contribution in [1.29, 1.82) is 0 Å². The lowest BCUT2D eigenvalue weighted by Gasteiger charge is -2.34. The van der Waals surface area contributed by atoms with E-state index in [1.165, 1.54) is 9.87 Å². The van der Waals surface area contributed by atoms with E-state index in [-0.39, 0.29) is 18.8 Å². The first-order valence-electron chi connectivity index (χ1n) is 9.59. The van der Waals surface area contributed by atoms with Crippen molar-refractivity contribution in [3.05, 3.63) is 58.7 Å². The molecule has 0 spiro atoms. The SMILES string of the molecule is Cc1cc(O)c(CN2CCN(S(=O)(=O)c3ccc(F)cc3F)CC2)cc1C(C)C. The second-order valence-corrected chi connectivity index (χ2v) is 9.65. The number of aryl methyl sites for hydroxylation is 1. The van der Waals surface area contributed by atoms with Crippen molar-refractivity contribution >= 4 is 10.0 Å². The Kier molecular flexibility index (Phi) is 6.26. The quantitative estimate of drug-likeness (QED) is 0.797. The Bertz CT molecular complexity index is 1000. The smallest absolute Gasteiger partial charge is 0.246 e. The van der Waals surface area contributed by atoms with Crippen molar-refractivity contribution < 1.29 is 22.3 Å². The lowest BCUT2D eigenvalue weighted by Crippen LogP contribution is -2.48. The maximum absolute atomic E-state index is 14.0. The van der Waals surface area contributed by atoms with E-state index >= 15 is 0 Å². The topological polar surface area (TPSA) is 60.9 Å². The summed E-state index contributed by atoms with van der Waals surface area (Å²) in [6.45, 7) is 7.97. The standard InChI is InChI=1S/C21H26F2N2O3S/c1-14(2)18-11-16(20(26)10-15(18)3)13-24-6-8-25(9-7-24)29(27,28)21-5-4-17(22)12-19(21)23/h4-5,10-12,14,26H,6-9,13H2,1-3H3. The van der Waals surface area contributed by atoms with Gasteiger partial charge in [0.25, 0.3) is 0 Å². The number of aromatic hydroxyl groups is 1. The van der Waals surface area contributed by atoms with Crippen molar-refractivity contribution in [2.75, 3.05) is 26.2 Å². The van der Waals surface area contributed by atoms with Crippen LogP contribution in [0, 0.1) is 18.6 Å². The molecule has 2 aromatic carbocycles. The van der Waals surface area contributed by atoms with Crippen LogP contribution in [-0.4, -0.2) is 48.9 Å². The maximum Gasteiger partial charge on any atom is 0.246 e. The highest BCUT2D eigenvalue weighted by Gasteiger charge is 2.31. The molecule has 3 rings (SSSR count). The fourth-order valence-electron chi connectivity index (χ4n) is 3.70. The number of sulfonamides is 1. The second-order valence-electron chi connectivity index (χ2n) is 7.75. The average molecular weight is 425 g/mol. The molecule has 8 heteroatoms. The van der Waals surface area contributed by atoms with E-state index in [1.807, 2.05) is 13.0 Å². The first kappa shape index (κ1) is 21.7. The Labute approximate surface area is 170 Å². The van der Waals surface area contributed by atoms with Gasteiger partial charge in [0.1, 0.15) is 22.3 Å². The van der Waals surface area contributed by atoms with Gasteiger partial charge in [0.15, 0.2) is 0 Å². The molecule has 158 valence electrons. The van der Waals surface area contributed by atoms with Gasteiger partial charge < -0.3 is 5.11 Å². The van der Waals surface area contributed by atoms with E-state index in [1.54, 1.807) is 6.07 Å². The van der Waals surface area contributed by atoms with Crippen LogP contribution in [0.3, 0.4) is 0 Å². The first-order valence-corrected chi connectivity index (χ1v) is 11.0. The van der Waals surface area contributed by atoms with Crippen molar-refractivity contribution in [1.82, 2.24) is 9.21 Å². The summed E-state index contributed by atoms with van der Waals surface area (Å²) in [5.41, 5.74) is 3.02. The summed E-state index contributed by atoms with van der Waals surface area (Å²) in [7, 11) is -4.02. The zero-order valence-electron chi connectivity index (χ0n) is 16.8. The van der Waals surface area contributed by atoms with Crippen LogP contribution in [0.4, 0.5) is 8.78 Å². The van der Waals surface area contributed by atoms with Crippen LogP contribution < -0.4 is 0 Å². The molecule has 1 N–H and O–H groups in total. The van der Waals surface area contributed by atoms with Crippen LogP contribution in [0.15, 0.2) is 35.2 Å². The predicted octanol–water partition coefficient (Wildman–Crippen LogP) is 3.61. The monoisotopic (exact) mass is 424 g/mol. The minimum atomic E-state index is -4.02. The molecule has 0 atom stereocenters. The number of phenolic OH excluding ortho intramolecular Hbond substituents is 1. The van der Waals surface area contributed by atoms with Gasteiger partial charge in [0, 0.05) is 44.4 Å². The Morgan fingerprint density at radius 3 is 2.31 bits per heavy atom. The van der Waals surface area contributed by atoms with Crippen molar-refractivity contribution in [3.8, 4) is 5.75 Å². The molecule has 0 aromatic heterocycles. The number of hydrogen-bond acceptors (Lipinski definition) is 4. The molecule has 1 fully saturated rings.